The molecule has 1 aliphatic heterocycles. The monoisotopic (exact) mass is 197 g/mol. The highest BCUT2D eigenvalue weighted by Crippen LogP contribution is 2.47. The summed E-state index contributed by atoms with van der Waals surface area (Å²) >= 11 is 0. The summed E-state index contributed by atoms with van der Waals surface area (Å²) in [5.74, 6) is 0. The van der Waals surface area contributed by atoms with Crippen LogP contribution in [-0.2, 0) is 4.74 Å². The second-order valence-electron chi connectivity index (χ2n) is 4.95. The zero-order chi connectivity index (χ0) is 9.86. The first kappa shape index (κ1) is 10.4. The van der Waals surface area contributed by atoms with E-state index in [9.17, 15) is 0 Å². The Hall–Kier alpha value is -0.0800. The molecule has 1 heterocycles. The van der Waals surface area contributed by atoms with Crippen LogP contribution in [0.3, 0.4) is 0 Å². The third-order valence-corrected chi connectivity index (χ3v) is 3.87. The molecule has 1 saturated heterocycles. The van der Waals surface area contributed by atoms with Gasteiger partial charge in [0.25, 0.3) is 0 Å². The smallest absolute Gasteiger partial charge is 0.0588 e. The lowest BCUT2D eigenvalue weighted by Crippen LogP contribution is -2.26. The van der Waals surface area contributed by atoms with Crippen LogP contribution in [0.15, 0.2) is 0 Å². The molecule has 0 amide bonds. The fourth-order valence-corrected chi connectivity index (χ4v) is 2.32. The number of rotatable bonds is 6. The van der Waals surface area contributed by atoms with Gasteiger partial charge >= 0.3 is 0 Å². The highest BCUT2D eigenvalue weighted by Gasteiger charge is 2.39. The van der Waals surface area contributed by atoms with Gasteiger partial charge in [0, 0.05) is 13.2 Å². The Balaban J connectivity index is 1.50. The van der Waals surface area contributed by atoms with E-state index in [1.165, 1.54) is 45.1 Å². The van der Waals surface area contributed by atoms with E-state index in [0.29, 0.717) is 11.5 Å². The lowest BCUT2D eigenvalue weighted by atomic mass is 10.0. The van der Waals surface area contributed by atoms with Gasteiger partial charge in [0.1, 0.15) is 0 Å². The standard InChI is InChI=1S/C12H23NO/c1-2-12(6-7-12)10-13-8-5-11-4-3-9-14-11/h11,13H,2-10H2,1H3. The Kier molecular flexibility index (Phi) is 3.45. The van der Waals surface area contributed by atoms with Crippen molar-refractivity contribution in [1.29, 1.82) is 0 Å². The molecule has 82 valence electrons. The molecule has 2 nitrogen and oxygen atoms in total. The van der Waals surface area contributed by atoms with Crippen LogP contribution in [0.25, 0.3) is 0 Å². The first-order valence-electron chi connectivity index (χ1n) is 6.17. The van der Waals surface area contributed by atoms with E-state index < -0.39 is 0 Å². The van der Waals surface area contributed by atoms with Crippen LogP contribution in [0.5, 0.6) is 0 Å². The molecule has 1 saturated carbocycles. The molecule has 0 aromatic rings. The maximum Gasteiger partial charge on any atom is 0.0588 e. The van der Waals surface area contributed by atoms with Gasteiger partial charge in [-0.15, -0.1) is 0 Å². The SMILES string of the molecule is CCC1(CNCCC2CCCO2)CC1. The Bertz CT molecular complexity index is 171. The highest BCUT2D eigenvalue weighted by atomic mass is 16.5. The first-order valence-corrected chi connectivity index (χ1v) is 6.17. The van der Waals surface area contributed by atoms with E-state index in [1.807, 2.05) is 0 Å². The zero-order valence-corrected chi connectivity index (χ0v) is 9.35. The van der Waals surface area contributed by atoms with Crippen molar-refractivity contribution in [2.45, 2.75) is 51.6 Å². The molecule has 2 aliphatic rings. The molecule has 1 atom stereocenters. The Morgan fingerprint density at radius 1 is 1.43 bits per heavy atom. The van der Waals surface area contributed by atoms with Crippen LogP contribution in [0.1, 0.15) is 45.4 Å². The zero-order valence-electron chi connectivity index (χ0n) is 9.35. The van der Waals surface area contributed by atoms with Crippen molar-refractivity contribution in [2.24, 2.45) is 5.41 Å². The quantitative estimate of drug-likeness (QED) is 0.660. The van der Waals surface area contributed by atoms with Crippen LogP contribution in [0, 0.1) is 5.41 Å². The molecular formula is C12H23NO. The summed E-state index contributed by atoms with van der Waals surface area (Å²) in [4.78, 5) is 0. The normalized spacial score (nSPS) is 29.4. The summed E-state index contributed by atoms with van der Waals surface area (Å²) in [6.45, 7) is 5.68. The third kappa shape index (κ3) is 2.71. The van der Waals surface area contributed by atoms with Crippen LogP contribution in [0.2, 0.25) is 0 Å². The molecule has 2 fully saturated rings. The van der Waals surface area contributed by atoms with Crippen molar-refractivity contribution in [1.82, 2.24) is 5.32 Å². The highest BCUT2D eigenvalue weighted by molar-refractivity contribution is 4.93. The predicted octanol–water partition coefficient (Wildman–Crippen LogP) is 2.34. The number of ether oxygens (including phenoxy) is 1. The lowest BCUT2D eigenvalue weighted by molar-refractivity contribution is 0.104. The predicted molar refractivity (Wildman–Crippen MR) is 58.4 cm³/mol. The van der Waals surface area contributed by atoms with E-state index in [1.54, 1.807) is 0 Å². The second kappa shape index (κ2) is 4.63. The van der Waals surface area contributed by atoms with Crippen LogP contribution < -0.4 is 5.32 Å². The maximum atomic E-state index is 5.59. The minimum atomic E-state index is 0.555. The largest absolute Gasteiger partial charge is 0.378 e. The molecule has 0 radical (unpaired) electrons. The lowest BCUT2D eigenvalue weighted by Gasteiger charge is -2.14. The molecule has 0 spiro atoms. The molecular weight excluding hydrogens is 174 g/mol. The van der Waals surface area contributed by atoms with E-state index in [0.717, 1.165) is 13.2 Å². The topological polar surface area (TPSA) is 21.3 Å². The van der Waals surface area contributed by atoms with Crippen molar-refractivity contribution in [3.8, 4) is 0 Å². The molecule has 1 N–H and O–H groups in total. The minimum Gasteiger partial charge on any atom is -0.378 e. The summed E-state index contributed by atoms with van der Waals surface area (Å²) in [6.07, 6.45) is 8.54. The number of hydrogen-bond acceptors (Lipinski definition) is 2. The van der Waals surface area contributed by atoms with Crippen molar-refractivity contribution in [2.75, 3.05) is 19.7 Å². The molecule has 2 heteroatoms. The second-order valence-corrected chi connectivity index (χ2v) is 4.95. The molecule has 1 aliphatic carbocycles. The summed E-state index contributed by atoms with van der Waals surface area (Å²) < 4.78 is 5.59. The molecule has 14 heavy (non-hydrogen) atoms. The van der Waals surface area contributed by atoms with E-state index in [-0.39, 0.29) is 0 Å². The van der Waals surface area contributed by atoms with Crippen LogP contribution in [0.4, 0.5) is 0 Å². The fraction of sp³-hybridized carbons (Fsp3) is 1.00. The third-order valence-electron chi connectivity index (χ3n) is 3.87. The van der Waals surface area contributed by atoms with Gasteiger partial charge in [-0.2, -0.15) is 0 Å². The van der Waals surface area contributed by atoms with Crippen molar-refractivity contribution >= 4 is 0 Å². The van der Waals surface area contributed by atoms with Gasteiger partial charge in [-0.25, -0.2) is 0 Å². The fourth-order valence-electron chi connectivity index (χ4n) is 2.32. The maximum absolute atomic E-state index is 5.59. The average Bonchev–Trinajstić information content (AvgIpc) is 2.81. The summed E-state index contributed by atoms with van der Waals surface area (Å²) in [5, 5.41) is 3.59. The Morgan fingerprint density at radius 2 is 2.29 bits per heavy atom. The van der Waals surface area contributed by atoms with E-state index >= 15 is 0 Å². The summed E-state index contributed by atoms with van der Waals surface area (Å²) in [7, 11) is 0. The van der Waals surface area contributed by atoms with Gasteiger partial charge in [0.15, 0.2) is 0 Å². The van der Waals surface area contributed by atoms with Crippen molar-refractivity contribution in [3.05, 3.63) is 0 Å². The minimum absolute atomic E-state index is 0.555. The van der Waals surface area contributed by atoms with Crippen LogP contribution >= 0.6 is 0 Å². The Labute approximate surface area is 87.4 Å². The average molecular weight is 197 g/mol. The van der Waals surface area contributed by atoms with Gasteiger partial charge in [-0.3, -0.25) is 0 Å². The molecule has 1 unspecified atom stereocenters. The van der Waals surface area contributed by atoms with Gasteiger partial charge in [-0.1, -0.05) is 6.92 Å². The van der Waals surface area contributed by atoms with Gasteiger partial charge in [0.2, 0.25) is 0 Å². The van der Waals surface area contributed by atoms with Gasteiger partial charge in [-0.05, 0) is 50.5 Å². The van der Waals surface area contributed by atoms with E-state index in [4.69, 9.17) is 4.74 Å². The van der Waals surface area contributed by atoms with Crippen molar-refractivity contribution < 1.29 is 4.74 Å². The number of hydrogen-bond donors (Lipinski definition) is 1. The van der Waals surface area contributed by atoms with Crippen LogP contribution in [-0.4, -0.2) is 25.8 Å². The first-order chi connectivity index (χ1) is 6.85. The molecule has 2 rings (SSSR count). The Morgan fingerprint density at radius 3 is 2.86 bits per heavy atom. The van der Waals surface area contributed by atoms with E-state index in [2.05, 4.69) is 12.2 Å². The summed E-state index contributed by atoms with van der Waals surface area (Å²) in [6, 6.07) is 0. The molecule has 0 bridgehead atoms. The summed E-state index contributed by atoms with van der Waals surface area (Å²) in [5.41, 5.74) is 0.691. The molecule has 0 aromatic heterocycles. The van der Waals surface area contributed by atoms with Gasteiger partial charge < -0.3 is 10.1 Å². The van der Waals surface area contributed by atoms with Gasteiger partial charge in [0.05, 0.1) is 6.10 Å². The number of nitrogens with one attached hydrogen (secondary N) is 1. The molecule has 0 aromatic carbocycles. The van der Waals surface area contributed by atoms with Crippen molar-refractivity contribution in [3.63, 3.8) is 0 Å².